The van der Waals surface area contributed by atoms with Crippen molar-refractivity contribution in [1.29, 1.82) is 0 Å². The predicted molar refractivity (Wildman–Crippen MR) is 118 cm³/mol. The van der Waals surface area contributed by atoms with Crippen LogP contribution in [-0.4, -0.2) is 17.1 Å². The van der Waals surface area contributed by atoms with Crippen molar-refractivity contribution < 1.29 is 9.18 Å². The molecule has 4 nitrogen and oxygen atoms in total. The van der Waals surface area contributed by atoms with Crippen LogP contribution < -0.4 is 5.43 Å². The Hall–Kier alpha value is -3.86. The van der Waals surface area contributed by atoms with Crippen molar-refractivity contribution in [3.05, 3.63) is 101 Å². The van der Waals surface area contributed by atoms with E-state index in [9.17, 15) is 9.18 Å². The van der Waals surface area contributed by atoms with Gasteiger partial charge in [0.15, 0.2) is 0 Å². The lowest BCUT2D eigenvalue weighted by Crippen LogP contribution is -2.18. The van der Waals surface area contributed by atoms with Gasteiger partial charge in [-0.1, -0.05) is 48.0 Å². The molecule has 1 N–H and O–H groups in total. The molecule has 0 fully saturated rings. The summed E-state index contributed by atoms with van der Waals surface area (Å²) in [6, 6.07) is 21.4. The Morgan fingerprint density at radius 3 is 2.57 bits per heavy atom. The number of halogens is 1. The fourth-order valence-corrected chi connectivity index (χ4v) is 3.29. The molecule has 0 saturated heterocycles. The molecule has 4 rings (SSSR count). The summed E-state index contributed by atoms with van der Waals surface area (Å²) in [4.78, 5) is 17.7. The molecule has 0 aliphatic carbocycles. The Morgan fingerprint density at radius 2 is 1.77 bits per heavy atom. The number of carbonyl (C=O) groups is 1. The van der Waals surface area contributed by atoms with E-state index in [1.54, 1.807) is 18.2 Å². The highest BCUT2D eigenvalue weighted by Gasteiger charge is 2.14. The highest BCUT2D eigenvalue weighted by atomic mass is 19.1. The molecule has 30 heavy (non-hydrogen) atoms. The van der Waals surface area contributed by atoms with Crippen LogP contribution in [0.2, 0.25) is 0 Å². The molecule has 0 radical (unpaired) electrons. The number of fused-ring (bicyclic) bond motifs is 1. The molecule has 1 amide bonds. The van der Waals surface area contributed by atoms with Crippen LogP contribution >= 0.6 is 0 Å². The van der Waals surface area contributed by atoms with E-state index in [0.29, 0.717) is 11.1 Å². The number of amides is 1. The quantitative estimate of drug-likeness (QED) is 0.369. The largest absolute Gasteiger partial charge is 0.272 e. The third kappa shape index (κ3) is 4.10. The molecule has 3 aromatic carbocycles. The summed E-state index contributed by atoms with van der Waals surface area (Å²) in [5.41, 5.74) is 8.43. The van der Waals surface area contributed by atoms with Crippen molar-refractivity contribution in [2.24, 2.45) is 5.10 Å². The van der Waals surface area contributed by atoms with Gasteiger partial charge in [-0.25, -0.2) is 14.8 Å². The predicted octanol–water partition coefficient (Wildman–Crippen LogP) is 5.42. The number of aromatic nitrogens is 1. The summed E-state index contributed by atoms with van der Waals surface area (Å²) in [6.45, 7) is 4.06. The van der Waals surface area contributed by atoms with Crippen LogP contribution in [0.4, 0.5) is 4.39 Å². The molecule has 0 saturated carbocycles. The second-order valence-electron chi connectivity index (χ2n) is 7.14. The number of pyridine rings is 1. The number of nitrogens with zero attached hydrogens (tertiary/aromatic N) is 2. The van der Waals surface area contributed by atoms with E-state index < -0.39 is 0 Å². The minimum atomic E-state index is -0.335. The molecular formula is C25H20FN3O. The van der Waals surface area contributed by atoms with Gasteiger partial charge in [-0.3, -0.25) is 4.79 Å². The molecule has 0 aliphatic rings. The van der Waals surface area contributed by atoms with E-state index in [1.807, 2.05) is 44.2 Å². The number of hydrogen-bond acceptors (Lipinski definition) is 3. The van der Waals surface area contributed by atoms with E-state index in [2.05, 4.69) is 22.7 Å². The van der Waals surface area contributed by atoms with Gasteiger partial charge in [0.1, 0.15) is 5.82 Å². The molecule has 0 unspecified atom stereocenters. The number of nitrogens with one attached hydrogen (secondary N) is 1. The molecule has 1 heterocycles. The molecule has 5 heteroatoms. The van der Waals surface area contributed by atoms with E-state index in [1.165, 1.54) is 18.3 Å². The summed E-state index contributed by atoms with van der Waals surface area (Å²) in [6.07, 6.45) is 1.48. The molecule has 0 bridgehead atoms. The maximum atomic E-state index is 13.0. The number of carbonyl (C=O) groups excluding carboxylic acids is 1. The molecule has 0 spiro atoms. The Labute approximate surface area is 174 Å². The lowest BCUT2D eigenvalue weighted by Gasteiger charge is -2.11. The summed E-state index contributed by atoms with van der Waals surface area (Å²) in [7, 11) is 0. The van der Waals surface area contributed by atoms with Gasteiger partial charge in [-0.2, -0.15) is 5.10 Å². The standard InChI is InChI=1S/C25H20FN3O/c1-16-7-8-17(2)21(13-16)24-14-22(20-5-3-4-6-23(20)28-24)25(30)29-27-15-18-9-11-19(26)12-10-18/h3-15H,1-2H3,(H,29,30)/b27-15-. The monoisotopic (exact) mass is 397 g/mol. The second kappa shape index (κ2) is 8.25. The minimum Gasteiger partial charge on any atom is -0.267 e. The molecule has 1 aromatic heterocycles. The Bertz CT molecular complexity index is 1260. The van der Waals surface area contributed by atoms with Gasteiger partial charge in [-0.05, 0) is 55.3 Å². The van der Waals surface area contributed by atoms with Crippen LogP contribution in [0.25, 0.3) is 22.2 Å². The molecule has 0 aliphatic heterocycles. The Morgan fingerprint density at radius 1 is 1.00 bits per heavy atom. The van der Waals surface area contributed by atoms with Crippen LogP contribution in [-0.2, 0) is 0 Å². The first-order valence-corrected chi connectivity index (χ1v) is 9.57. The topological polar surface area (TPSA) is 54.4 Å². The van der Waals surface area contributed by atoms with E-state index in [0.717, 1.165) is 33.3 Å². The smallest absolute Gasteiger partial charge is 0.267 e. The van der Waals surface area contributed by atoms with Gasteiger partial charge in [0.2, 0.25) is 0 Å². The number of benzene rings is 3. The average molecular weight is 397 g/mol. The van der Waals surface area contributed by atoms with Crippen molar-refractivity contribution in [2.45, 2.75) is 13.8 Å². The summed E-state index contributed by atoms with van der Waals surface area (Å²) in [5.74, 6) is -0.656. The number of aryl methyl sites for hydroxylation is 2. The van der Waals surface area contributed by atoms with Crippen molar-refractivity contribution in [3.63, 3.8) is 0 Å². The zero-order valence-electron chi connectivity index (χ0n) is 16.7. The van der Waals surface area contributed by atoms with Crippen LogP contribution in [0.1, 0.15) is 27.0 Å². The van der Waals surface area contributed by atoms with Crippen molar-refractivity contribution >= 4 is 23.0 Å². The van der Waals surface area contributed by atoms with Crippen LogP contribution in [0, 0.1) is 19.7 Å². The first-order chi connectivity index (χ1) is 14.5. The molecule has 0 atom stereocenters. The van der Waals surface area contributed by atoms with Gasteiger partial charge in [0.25, 0.3) is 5.91 Å². The van der Waals surface area contributed by atoms with Crippen LogP contribution in [0.3, 0.4) is 0 Å². The minimum absolute atomic E-state index is 0.321. The van der Waals surface area contributed by atoms with Gasteiger partial charge in [-0.15, -0.1) is 0 Å². The van der Waals surface area contributed by atoms with Crippen LogP contribution in [0.5, 0.6) is 0 Å². The number of para-hydroxylation sites is 1. The fraction of sp³-hybridized carbons (Fsp3) is 0.0800. The molecule has 4 aromatic rings. The molecular weight excluding hydrogens is 377 g/mol. The SMILES string of the molecule is Cc1ccc(C)c(-c2cc(C(=O)N/N=C\c3ccc(F)cc3)c3ccccc3n2)c1. The Kier molecular flexibility index (Phi) is 5.35. The number of hydrogen-bond donors (Lipinski definition) is 1. The maximum absolute atomic E-state index is 13.0. The molecule has 148 valence electrons. The van der Waals surface area contributed by atoms with Crippen molar-refractivity contribution in [2.75, 3.05) is 0 Å². The van der Waals surface area contributed by atoms with E-state index >= 15 is 0 Å². The third-order valence-electron chi connectivity index (χ3n) is 4.88. The van der Waals surface area contributed by atoms with E-state index in [-0.39, 0.29) is 11.7 Å². The second-order valence-corrected chi connectivity index (χ2v) is 7.14. The third-order valence-corrected chi connectivity index (χ3v) is 4.88. The summed E-state index contributed by atoms with van der Waals surface area (Å²) in [5, 5.41) is 4.77. The van der Waals surface area contributed by atoms with Crippen molar-refractivity contribution in [1.82, 2.24) is 10.4 Å². The summed E-state index contributed by atoms with van der Waals surface area (Å²) < 4.78 is 13.0. The highest BCUT2D eigenvalue weighted by Crippen LogP contribution is 2.27. The van der Waals surface area contributed by atoms with Gasteiger partial charge >= 0.3 is 0 Å². The highest BCUT2D eigenvalue weighted by molar-refractivity contribution is 6.07. The summed E-state index contributed by atoms with van der Waals surface area (Å²) >= 11 is 0. The first-order valence-electron chi connectivity index (χ1n) is 9.57. The lowest BCUT2D eigenvalue weighted by molar-refractivity contribution is 0.0956. The van der Waals surface area contributed by atoms with Gasteiger partial charge < -0.3 is 0 Å². The number of hydrazone groups is 1. The first kappa shape index (κ1) is 19.5. The van der Waals surface area contributed by atoms with Crippen LogP contribution in [0.15, 0.2) is 77.9 Å². The fourth-order valence-electron chi connectivity index (χ4n) is 3.29. The number of rotatable bonds is 4. The zero-order chi connectivity index (χ0) is 21.1. The van der Waals surface area contributed by atoms with Gasteiger partial charge in [0.05, 0.1) is 23.0 Å². The zero-order valence-corrected chi connectivity index (χ0v) is 16.7. The van der Waals surface area contributed by atoms with Crippen molar-refractivity contribution in [3.8, 4) is 11.3 Å². The normalized spacial score (nSPS) is 11.2. The van der Waals surface area contributed by atoms with Gasteiger partial charge in [0, 0.05) is 10.9 Å². The Balaban J connectivity index is 1.71. The lowest BCUT2D eigenvalue weighted by atomic mass is 9.99. The maximum Gasteiger partial charge on any atom is 0.272 e. The average Bonchev–Trinajstić information content (AvgIpc) is 2.76. The van der Waals surface area contributed by atoms with E-state index in [4.69, 9.17) is 4.98 Å².